The van der Waals surface area contributed by atoms with E-state index in [2.05, 4.69) is 10.1 Å². The van der Waals surface area contributed by atoms with Crippen LogP contribution in [-0.2, 0) is 6.54 Å². The van der Waals surface area contributed by atoms with Crippen molar-refractivity contribution in [3.63, 3.8) is 0 Å². The number of carbonyl (C=O) groups is 1. The third-order valence-electron chi connectivity index (χ3n) is 2.86. The number of nitrogens with zero attached hydrogens (tertiary/aromatic N) is 3. The first-order valence-corrected chi connectivity index (χ1v) is 6.75. The smallest absolute Gasteiger partial charge is 0.347 e. The summed E-state index contributed by atoms with van der Waals surface area (Å²) in [6, 6.07) is 0. The van der Waals surface area contributed by atoms with Crippen molar-refractivity contribution in [2.75, 3.05) is 0 Å². The van der Waals surface area contributed by atoms with Gasteiger partial charge in [0, 0.05) is 17.8 Å². The van der Waals surface area contributed by atoms with Gasteiger partial charge in [0.05, 0.1) is 11.9 Å². The topological polar surface area (TPSA) is 68.0 Å². The van der Waals surface area contributed by atoms with Gasteiger partial charge in [-0.15, -0.1) is 11.3 Å². The van der Waals surface area contributed by atoms with Crippen molar-refractivity contribution in [3.8, 4) is 0 Å². The van der Waals surface area contributed by atoms with Gasteiger partial charge < -0.3 is 5.11 Å². The zero-order chi connectivity index (χ0) is 14.0. The molecule has 0 aliphatic carbocycles. The zero-order valence-corrected chi connectivity index (χ0v) is 11.9. The summed E-state index contributed by atoms with van der Waals surface area (Å²) in [5.74, 6) is -0.941. The summed E-state index contributed by atoms with van der Waals surface area (Å²) in [5.41, 5.74) is 3.13. The molecule has 2 aromatic heterocycles. The Hall–Kier alpha value is -1.95. The van der Waals surface area contributed by atoms with Crippen LogP contribution in [0.1, 0.15) is 38.6 Å². The fraction of sp³-hybridized carbons (Fsp3) is 0.308. The number of aromatic nitrogens is 3. The van der Waals surface area contributed by atoms with Crippen molar-refractivity contribution < 1.29 is 9.90 Å². The van der Waals surface area contributed by atoms with Crippen molar-refractivity contribution in [2.45, 2.75) is 27.3 Å². The molecule has 5 nitrogen and oxygen atoms in total. The van der Waals surface area contributed by atoms with Gasteiger partial charge in [0.15, 0.2) is 0 Å². The predicted octanol–water partition coefficient (Wildman–Crippen LogP) is 2.84. The summed E-state index contributed by atoms with van der Waals surface area (Å²) in [6.45, 7) is 6.87. The van der Waals surface area contributed by atoms with E-state index in [4.69, 9.17) is 5.11 Å². The average Bonchev–Trinajstić information content (AvgIpc) is 2.93. The van der Waals surface area contributed by atoms with Crippen LogP contribution in [0.25, 0.3) is 12.2 Å². The summed E-state index contributed by atoms with van der Waals surface area (Å²) in [5, 5.41) is 13.9. The summed E-state index contributed by atoms with van der Waals surface area (Å²) in [7, 11) is 0. The van der Waals surface area contributed by atoms with E-state index in [0.717, 1.165) is 34.8 Å². The number of hydrogen-bond acceptors (Lipinski definition) is 4. The highest BCUT2D eigenvalue weighted by Gasteiger charge is 2.09. The van der Waals surface area contributed by atoms with Gasteiger partial charge in [-0.05, 0) is 32.9 Å². The lowest BCUT2D eigenvalue weighted by molar-refractivity contribution is 0.0702. The van der Waals surface area contributed by atoms with E-state index in [-0.39, 0.29) is 4.88 Å². The van der Waals surface area contributed by atoms with Crippen LogP contribution < -0.4 is 0 Å². The van der Waals surface area contributed by atoms with Gasteiger partial charge in [-0.1, -0.05) is 0 Å². The van der Waals surface area contributed by atoms with Crippen LogP contribution >= 0.6 is 11.3 Å². The molecule has 0 amide bonds. The summed E-state index contributed by atoms with van der Waals surface area (Å²) < 4.78 is 1.94. The molecule has 2 heterocycles. The molecule has 0 radical (unpaired) electrons. The first-order valence-electron chi connectivity index (χ1n) is 5.94. The minimum atomic E-state index is -0.941. The molecule has 0 aliphatic rings. The maximum Gasteiger partial charge on any atom is 0.347 e. The predicted molar refractivity (Wildman–Crippen MR) is 75.4 cm³/mol. The summed E-state index contributed by atoms with van der Waals surface area (Å²) in [6.07, 6.45) is 5.14. The number of hydrogen-bond donors (Lipinski definition) is 1. The molecule has 2 rings (SSSR count). The molecule has 0 spiro atoms. The van der Waals surface area contributed by atoms with Gasteiger partial charge in [-0.3, -0.25) is 4.68 Å². The molecule has 1 N–H and O–H groups in total. The third-order valence-corrected chi connectivity index (χ3v) is 3.81. The largest absolute Gasteiger partial charge is 0.477 e. The Morgan fingerprint density at radius 3 is 2.74 bits per heavy atom. The monoisotopic (exact) mass is 277 g/mol. The van der Waals surface area contributed by atoms with Crippen molar-refractivity contribution in [1.82, 2.24) is 14.8 Å². The van der Waals surface area contributed by atoms with E-state index >= 15 is 0 Å². The number of thiazole rings is 1. The van der Waals surface area contributed by atoms with Crippen LogP contribution in [0.2, 0.25) is 0 Å². The highest BCUT2D eigenvalue weighted by atomic mass is 32.1. The maximum absolute atomic E-state index is 10.8. The molecule has 2 aromatic rings. The molecule has 0 atom stereocenters. The number of carboxylic acid groups (broad SMARTS) is 1. The van der Waals surface area contributed by atoms with E-state index in [9.17, 15) is 4.79 Å². The van der Waals surface area contributed by atoms with Crippen molar-refractivity contribution in [1.29, 1.82) is 0 Å². The van der Waals surface area contributed by atoms with Crippen LogP contribution in [0.3, 0.4) is 0 Å². The van der Waals surface area contributed by atoms with E-state index < -0.39 is 5.97 Å². The molecular formula is C13H15N3O2S. The number of carboxylic acids is 1. The highest BCUT2D eigenvalue weighted by molar-refractivity contribution is 7.14. The Bertz CT molecular complexity index is 640. The Morgan fingerprint density at radius 2 is 2.21 bits per heavy atom. The lowest BCUT2D eigenvalue weighted by atomic mass is 10.2. The fourth-order valence-corrected chi connectivity index (χ4v) is 2.54. The second-order valence-corrected chi connectivity index (χ2v) is 5.16. The summed E-state index contributed by atoms with van der Waals surface area (Å²) >= 11 is 1.16. The molecule has 0 fully saturated rings. The number of rotatable bonds is 4. The van der Waals surface area contributed by atoms with Gasteiger partial charge in [-0.2, -0.15) is 5.10 Å². The molecule has 0 saturated heterocycles. The minimum Gasteiger partial charge on any atom is -0.477 e. The van der Waals surface area contributed by atoms with Crippen molar-refractivity contribution in [2.24, 2.45) is 0 Å². The minimum absolute atomic E-state index is 0.248. The van der Waals surface area contributed by atoms with Crippen LogP contribution in [0.5, 0.6) is 0 Å². The Balaban J connectivity index is 2.27. The SMILES string of the molecule is CCn1nc(C)c(/C=C/c2ncc(C(=O)O)s2)c1C. The lowest BCUT2D eigenvalue weighted by Gasteiger charge is -1.98. The molecule has 19 heavy (non-hydrogen) atoms. The van der Waals surface area contributed by atoms with Gasteiger partial charge in [0.2, 0.25) is 0 Å². The number of aryl methyl sites for hydroxylation is 2. The van der Waals surface area contributed by atoms with Crippen LogP contribution in [-0.4, -0.2) is 25.8 Å². The first-order chi connectivity index (χ1) is 9.02. The second-order valence-electron chi connectivity index (χ2n) is 4.10. The van der Waals surface area contributed by atoms with Gasteiger partial charge in [0.25, 0.3) is 0 Å². The second kappa shape index (κ2) is 5.36. The summed E-state index contributed by atoms with van der Waals surface area (Å²) in [4.78, 5) is 15.1. The lowest BCUT2D eigenvalue weighted by Crippen LogP contribution is -1.98. The molecule has 0 saturated carbocycles. The van der Waals surface area contributed by atoms with E-state index in [1.807, 2.05) is 37.6 Å². The Kier molecular flexibility index (Phi) is 3.80. The molecule has 0 aromatic carbocycles. The molecule has 100 valence electrons. The quantitative estimate of drug-likeness (QED) is 0.933. The van der Waals surface area contributed by atoms with Crippen LogP contribution in [0.15, 0.2) is 6.20 Å². The van der Waals surface area contributed by atoms with Gasteiger partial charge in [-0.25, -0.2) is 9.78 Å². The standard InChI is InChI=1S/C13H15N3O2S/c1-4-16-9(3)10(8(2)15-16)5-6-12-14-7-11(19-12)13(17)18/h5-7H,4H2,1-3H3,(H,17,18)/b6-5+. The van der Waals surface area contributed by atoms with Crippen LogP contribution in [0, 0.1) is 13.8 Å². The number of aromatic carboxylic acids is 1. The van der Waals surface area contributed by atoms with Gasteiger partial charge >= 0.3 is 5.97 Å². The first kappa shape index (κ1) is 13.5. The maximum atomic E-state index is 10.8. The van der Waals surface area contributed by atoms with Crippen molar-refractivity contribution >= 4 is 29.5 Å². The van der Waals surface area contributed by atoms with Crippen LogP contribution in [0.4, 0.5) is 0 Å². The average molecular weight is 277 g/mol. The van der Waals surface area contributed by atoms with E-state index in [1.54, 1.807) is 0 Å². The van der Waals surface area contributed by atoms with E-state index in [0.29, 0.717) is 5.01 Å². The Labute approximate surface area is 115 Å². The molecular weight excluding hydrogens is 262 g/mol. The molecule has 6 heteroatoms. The highest BCUT2D eigenvalue weighted by Crippen LogP contribution is 2.19. The molecule has 0 bridgehead atoms. The normalized spacial score (nSPS) is 11.3. The zero-order valence-electron chi connectivity index (χ0n) is 11.0. The Morgan fingerprint density at radius 1 is 1.47 bits per heavy atom. The molecule has 0 unspecified atom stereocenters. The van der Waals surface area contributed by atoms with E-state index in [1.165, 1.54) is 6.20 Å². The fourth-order valence-electron chi connectivity index (χ4n) is 1.88. The molecule has 0 aliphatic heterocycles. The van der Waals surface area contributed by atoms with Crippen molar-refractivity contribution in [3.05, 3.63) is 33.0 Å². The third kappa shape index (κ3) is 2.73. The van der Waals surface area contributed by atoms with Gasteiger partial charge in [0.1, 0.15) is 9.88 Å².